The van der Waals surface area contributed by atoms with Crippen LogP contribution in [0.4, 0.5) is 0 Å². The molecule has 7 heteroatoms. The molecule has 0 amide bonds. The topological polar surface area (TPSA) is 0 Å². The fourth-order valence-electron chi connectivity index (χ4n) is 5.79. The molecular weight excluding hydrogens is 721 g/mol. The molecule has 0 fully saturated rings. The van der Waals surface area contributed by atoms with Crippen molar-refractivity contribution in [2.24, 2.45) is 0 Å². The minimum atomic E-state index is -1.16. The minimum Gasteiger partial charge on any atom is -0.199 e. The van der Waals surface area contributed by atoms with Crippen molar-refractivity contribution in [2.75, 3.05) is 0 Å². The third-order valence-electron chi connectivity index (χ3n) is 9.06. The Morgan fingerprint density at radius 1 is 0.367 bits per heavy atom. The first kappa shape index (κ1) is 48.2. The number of hydrogen-bond acceptors (Lipinski definition) is 0. The van der Waals surface area contributed by atoms with Gasteiger partial charge in [0.05, 0.1) is 48.4 Å². The summed E-state index contributed by atoms with van der Waals surface area (Å²) in [6.07, 6.45) is 7.91. The fourth-order valence-corrected chi connectivity index (χ4v) is 19.9. The molecule has 0 spiro atoms. The van der Waals surface area contributed by atoms with Crippen molar-refractivity contribution in [2.45, 2.75) is 131 Å². The Kier molecular flexibility index (Phi) is 18.4. The second kappa shape index (κ2) is 18.8. The molecule has 0 N–H and O–H groups in total. The van der Waals surface area contributed by atoms with Crippen molar-refractivity contribution < 1.29 is 21.7 Å². The van der Waals surface area contributed by atoms with Crippen LogP contribution in [-0.2, 0) is 21.7 Å². The maximum absolute atomic E-state index is 3.72. The van der Waals surface area contributed by atoms with Crippen LogP contribution >= 0.6 is 0 Å². The molecule has 49 heavy (non-hydrogen) atoms. The minimum absolute atomic E-state index is 0. The van der Waals surface area contributed by atoms with E-state index in [4.69, 9.17) is 0 Å². The summed E-state index contributed by atoms with van der Waals surface area (Å²) < 4.78 is 0. The van der Waals surface area contributed by atoms with Crippen molar-refractivity contribution in [3.8, 4) is 0 Å². The van der Waals surface area contributed by atoms with Crippen LogP contribution in [-0.4, -0.2) is 48.4 Å². The van der Waals surface area contributed by atoms with Gasteiger partial charge in [-0.2, -0.15) is 49.2 Å². The van der Waals surface area contributed by atoms with E-state index in [-0.39, 0.29) is 21.7 Å². The SMILES string of the molecule is C[Si](C)(C)C1=CC([Si](C)(C)C)=C([Si](C)(C)C)C1.C[Si](C)(C)C1=CC([Si](C)(C)C)=C([Si](C)(C)C)C1.[CH2-]c1ccccc1.[CH2-]c1ccccc1.[Ti+2]. The number of allylic oxidation sites excluding steroid dienone is 8. The molecule has 270 valence electrons. The molecule has 4 rings (SSSR count). The summed E-state index contributed by atoms with van der Waals surface area (Å²) in [6.45, 7) is 52.5. The van der Waals surface area contributed by atoms with E-state index in [2.05, 4.69) is 144 Å². The third-order valence-corrected chi connectivity index (χ3v) is 22.7. The van der Waals surface area contributed by atoms with Gasteiger partial charge in [-0.25, -0.2) is 0 Å². The van der Waals surface area contributed by atoms with Crippen molar-refractivity contribution in [1.29, 1.82) is 0 Å². The average molecular weight is 795 g/mol. The monoisotopic (exact) mass is 794 g/mol. The van der Waals surface area contributed by atoms with E-state index >= 15 is 0 Å². The van der Waals surface area contributed by atoms with Gasteiger partial charge in [-0.1, -0.05) is 173 Å². The predicted molar refractivity (Wildman–Crippen MR) is 241 cm³/mol. The summed E-state index contributed by atoms with van der Waals surface area (Å²) in [5, 5.41) is 10.9. The van der Waals surface area contributed by atoms with Gasteiger partial charge in [0.1, 0.15) is 0 Å². The van der Waals surface area contributed by atoms with Crippen molar-refractivity contribution in [3.63, 3.8) is 0 Å². The Morgan fingerprint density at radius 3 is 0.735 bits per heavy atom. The standard InChI is InChI=1S/2C14H30Si3.2C7H7.Ti/c2*1-15(2,3)12-10-13(16(4,5)6)14(11-12)17(7,8)9;2*1-7-5-3-2-4-6-7;/h2*10H,11H2,1-9H3;2*2-6H,1H2;/q;;2*-1;+2. The molecule has 0 radical (unpaired) electrons. The first-order chi connectivity index (χ1) is 21.5. The van der Waals surface area contributed by atoms with Gasteiger partial charge in [0.15, 0.2) is 0 Å². The molecule has 0 nitrogen and oxygen atoms in total. The molecule has 0 saturated carbocycles. The van der Waals surface area contributed by atoms with Crippen LogP contribution in [0.1, 0.15) is 24.0 Å². The Morgan fingerprint density at radius 2 is 0.612 bits per heavy atom. The summed E-state index contributed by atoms with van der Waals surface area (Å²) in [5.41, 5.74) is 2.14. The molecule has 2 aromatic carbocycles. The summed E-state index contributed by atoms with van der Waals surface area (Å²) in [7, 11) is -6.78. The molecule has 0 saturated heterocycles. The molecule has 2 aliphatic carbocycles. The van der Waals surface area contributed by atoms with Crippen molar-refractivity contribution in [3.05, 3.63) is 129 Å². The third kappa shape index (κ3) is 17.0. The zero-order valence-corrected chi connectivity index (χ0v) is 42.8. The predicted octanol–water partition coefficient (Wildman–Crippen LogP) is 14.2. The quantitative estimate of drug-likeness (QED) is 0.202. The molecule has 2 aromatic rings. The van der Waals surface area contributed by atoms with Crippen LogP contribution in [0.25, 0.3) is 0 Å². The first-order valence-electron chi connectivity index (χ1n) is 18.1. The zero-order valence-electron chi connectivity index (χ0n) is 35.3. The van der Waals surface area contributed by atoms with Gasteiger partial charge in [0.25, 0.3) is 0 Å². The van der Waals surface area contributed by atoms with E-state index < -0.39 is 48.4 Å². The number of rotatable bonds is 6. The van der Waals surface area contributed by atoms with E-state index in [1.165, 1.54) is 12.8 Å². The summed E-state index contributed by atoms with van der Waals surface area (Å²) in [4.78, 5) is 0. The Bertz CT molecular complexity index is 1330. The van der Waals surface area contributed by atoms with E-state index in [9.17, 15) is 0 Å². The second-order valence-electron chi connectivity index (χ2n) is 19.9. The fraction of sp³-hybridized carbons (Fsp3) is 0.476. The van der Waals surface area contributed by atoms with E-state index in [1.54, 1.807) is 20.8 Å². The Balaban J connectivity index is 0.000000670. The van der Waals surface area contributed by atoms with Crippen LogP contribution in [0.15, 0.2) is 104 Å². The molecule has 0 unspecified atom stereocenters. The average Bonchev–Trinajstić information content (AvgIpc) is 3.57. The van der Waals surface area contributed by atoms with Gasteiger partial charge in [0, 0.05) is 0 Å². The van der Waals surface area contributed by atoms with Gasteiger partial charge < -0.3 is 0 Å². The maximum Gasteiger partial charge on any atom is 2.00 e. The van der Waals surface area contributed by atoms with Crippen LogP contribution in [0, 0.1) is 13.8 Å². The van der Waals surface area contributed by atoms with E-state index in [0.29, 0.717) is 0 Å². The van der Waals surface area contributed by atoms with Gasteiger partial charge in [-0.3, -0.25) is 0 Å². The molecule has 0 aliphatic heterocycles. The van der Waals surface area contributed by atoms with Gasteiger partial charge in [-0.05, 0) is 12.8 Å². The van der Waals surface area contributed by atoms with Crippen LogP contribution in [0.3, 0.4) is 0 Å². The Labute approximate surface area is 327 Å². The summed E-state index contributed by atoms with van der Waals surface area (Å²) in [6, 6.07) is 19.7. The first-order valence-corrected chi connectivity index (χ1v) is 39.1. The molecule has 0 bridgehead atoms. The normalized spacial score (nSPS) is 15.5. The van der Waals surface area contributed by atoms with Gasteiger partial charge in [-0.15, -0.1) is 24.3 Å². The molecule has 2 aliphatic rings. The smallest absolute Gasteiger partial charge is 0.199 e. The molecular formula is C42H74Si6Ti. The van der Waals surface area contributed by atoms with Crippen LogP contribution in [0.5, 0.6) is 0 Å². The number of hydrogen-bond donors (Lipinski definition) is 0. The van der Waals surface area contributed by atoms with E-state index in [0.717, 1.165) is 11.1 Å². The summed E-state index contributed by atoms with van der Waals surface area (Å²) >= 11 is 0. The maximum atomic E-state index is 3.72. The number of benzene rings is 2. The zero-order chi connectivity index (χ0) is 37.5. The largest absolute Gasteiger partial charge is 2.00 e. The second-order valence-corrected chi connectivity index (χ2v) is 50.5. The summed E-state index contributed by atoms with van der Waals surface area (Å²) in [5.74, 6) is 0. The Hall–Kier alpha value is -0.844. The van der Waals surface area contributed by atoms with Crippen LogP contribution in [0.2, 0.25) is 118 Å². The van der Waals surface area contributed by atoms with Gasteiger partial charge in [0.2, 0.25) is 0 Å². The molecule has 0 aromatic heterocycles. The van der Waals surface area contributed by atoms with Crippen LogP contribution < -0.4 is 0 Å². The molecule has 0 heterocycles. The van der Waals surface area contributed by atoms with Crippen molar-refractivity contribution in [1.82, 2.24) is 0 Å². The van der Waals surface area contributed by atoms with Crippen molar-refractivity contribution >= 4 is 48.4 Å². The van der Waals surface area contributed by atoms with Gasteiger partial charge >= 0.3 is 21.7 Å². The molecule has 0 atom stereocenters. The van der Waals surface area contributed by atoms with E-state index in [1.807, 2.05) is 71.1 Å².